The molecule has 7 heteroatoms. The minimum atomic E-state index is -4.41. The van der Waals surface area contributed by atoms with Gasteiger partial charge in [0.05, 0.1) is 6.20 Å². The van der Waals surface area contributed by atoms with Crippen LogP contribution in [0, 0.1) is 5.92 Å². The summed E-state index contributed by atoms with van der Waals surface area (Å²) in [4.78, 5) is 20.8. The van der Waals surface area contributed by atoms with E-state index in [1.165, 1.54) is 0 Å². The zero-order chi connectivity index (χ0) is 21.1. The largest absolute Gasteiger partial charge is 0.432 e. The molecule has 3 aromatic rings. The first kappa shape index (κ1) is 20.2. The summed E-state index contributed by atoms with van der Waals surface area (Å²) in [6.07, 6.45) is -1.61. The molecular formula is C23H22F3N3O. The summed E-state index contributed by atoms with van der Waals surface area (Å²) in [5.41, 5.74) is 1.99. The van der Waals surface area contributed by atoms with E-state index in [9.17, 15) is 18.0 Å². The van der Waals surface area contributed by atoms with Crippen molar-refractivity contribution in [3.8, 4) is 11.1 Å². The number of amides is 1. The summed E-state index contributed by atoms with van der Waals surface area (Å²) in [5.74, 6) is 0.552. The minimum absolute atomic E-state index is 0.00887. The normalized spacial score (nSPS) is 15.4. The molecule has 0 aliphatic carbocycles. The molecule has 0 bridgehead atoms. The third-order valence-electron chi connectivity index (χ3n) is 5.56. The molecule has 1 N–H and O–H groups in total. The number of imidazole rings is 1. The van der Waals surface area contributed by atoms with E-state index in [0.717, 1.165) is 30.2 Å². The van der Waals surface area contributed by atoms with E-state index in [1.807, 2.05) is 59.5 Å². The molecule has 156 valence electrons. The van der Waals surface area contributed by atoms with Gasteiger partial charge in [-0.1, -0.05) is 42.5 Å². The molecule has 1 amide bonds. The van der Waals surface area contributed by atoms with Gasteiger partial charge in [0, 0.05) is 25.1 Å². The van der Waals surface area contributed by atoms with Gasteiger partial charge in [-0.15, -0.1) is 0 Å². The van der Waals surface area contributed by atoms with Crippen LogP contribution in [0.4, 0.5) is 13.2 Å². The molecule has 0 radical (unpaired) electrons. The van der Waals surface area contributed by atoms with Gasteiger partial charge in [-0.3, -0.25) is 4.79 Å². The van der Waals surface area contributed by atoms with Gasteiger partial charge in [-0.05, 0) is 42.0 Å². The number of aromatic nitrogens is 2. The van der Waals surface area contributed by atoms with Crippen molar-refractivity contribution in [3.63, 3.8) is 0 Å². The van der Waals surface area contributed by atoms with Gasteiger partial charge in [0.15, 0.2) is 0 Å². The fourth-order valence-corrected chi connectivity index (χ4v) is 3.84. The number of alkyl halides is 3. The van der Waals surface area contributed by atoms with E-state index in [4.69, 9.17) is 0 Å². The van der Waals surface area contributed by atoms with Crippen molar-refractivity contribution in [2.45, 2.75) is 25.4 Å². The smallest absolute Gasteiger partial charge is 0.339 e. The van der Waals surface area contributed by atoms with Crippen LogP contribution < -0.4 is 0 Å². The molecule has 2 aromatic carbocycles. The number of hydrogen-bond acceptors (Lipinski definition) is 2. The average Bonchev–Trinajstić information content (AvgIpc) is 3.24. The first-order chi connectivity index (χ1) is 14.4. The number of carbonyl (C=O) groups is 1. The number of nitrogens with zero attached hydrogens (tertiary/aromatic N) is 2. The number of rotatable bonds is 4. The topological polar surface area (TPSA) is 49.0 Å². The van der Waals surface area contributed by atoms with Gasteiger partial charge in [-0.25, -0.2) is 4.98 Å². The van der Waals surface area contributed by atoms with E-state index >= 15 is 0 Å². The number of likely N-dealkylation sites (tertiary alicyclic amines) is 1. The number of carbonyl (C=O) groups excluding carboxylic acids is 1. The number of benzene rings is 2. The number of H-pyrrole nitrogens is 1. The Morgan fingerprint density at radius 2 is 1.63 bits per heavy atom. The van der Waals surface area contributed by atoms with Crippen molar-refractivity contribution in [2.24, 2.45) is 5.92 Å². The summed E-state index contributed by atoms with van der Waals surface area (Å²) >= 11 is 0. The van der Waals surface area contributed by atoms with E-state index in [0.29, 0.717) is 30.9 Å². The highest BCUT2D eigenvalue weighted by atomic mass is 19.4. The highest BCUT2D eigenvalue weighted by Crippen LogP contribution is 2.29. The van der Waals surface area contributed by atoms with Crippen molar-refractivity contribution < 1.29 is 18.0 Å². The highest BCUT2D eigenvalue weighted by molar-refractivity contribution is 5.94. The predicted octanol–water partition coefficient (Wildman–Crippen LogP) is 5.19. The molecule has 0 saturated carbocycles. The number of aromatic amines is 1. The van der Waals surface area contributed by atoms with Crippen LogP contribution in [0.3, 0.4) is 0 Å². The van der Waals surface area contributed by atoms with Gasteiger partial charge in [0.2, 0.25) is 0 Å². The molecule has 30 heavy (non-hydrogen) atoms. The molecular weight excluding hydrogens is 391 g/mol. The fraction of sp³-hybridized carbons (Fsp3) is 0.304. The lowest BCUT2D eigenvalue weighted by Gasteiger charge is -2.31. The highest BCUT2D eigenvalue weighted by Gasteiger charge is 2.33. The van der Waals surface area contributed by atoms with Crippen LogP contribution in [0.5, 0.6) is 0 Å². The molecule has 1 aromatic heterocycles. The Kier molecular flexibility index (Phi) is 5.61. The predicted molar refractivity (Wildman–Crippen MR) is 108 cm³/mol. The second-order valence-electron chi connectivity index (χ2n) is 7.62. The van der Waals surface area contributed by atoms with Crippen molar-refractivity contribution in [2.75, 3.05) is 13.1 Å². The number of nitrogens with one attached hydrogen (secondary N) is 1. The van der Waals surface area contributed by atoms with Crippen molar-refractivity contribution in [3.05, 3.63) is 77.9 Å². The summed E-state index contributed by atoms with van der Waals surface area (Å²) in [6.45, 7) is 1.19. The Hall–Kier alpha value is -3.09. The number of hydrogen-bond donors (Lipinski definition) is 1. The third-order valence-corrected chi connectivity index (χ3v) is 5.56. The van der Waals surface area contributed by atoms with Crippen LogP contribution in [-0.4, -0.2) is 33.9 Å². The maximum atomic E-state index is 12.8. The van der Waals surface area contributed by atoms with Crippen LogP contribution in [0.2, 0.25) is 0 Å². The Labute approximate surface area is 172 Å². The Bertz CT molecular complexity index is 989. The second kappa shape index (κ2) is 8.34. The summed E-state index contributed by atoms with van der Waals surface area (Å²) in [6, 6.07) is 17.6. The van der Waals surface area contributed by atoms with Crippen LogP contribution in [0.1, 0.15) is 34.7 Å². The van der Waals surface area contributed by atoms with Crippen LogP contribution in [0.25, 0.3) is 11.1 Å². The number of piperidine rings is 1. The molecule has 4 nitrogen and oxygen atoms in total. The van der Waals surface area contributed by atoms with Gasteiger partial charge >= 0.3 is 6.18 Å². The zero-order valence-corrected chi connectivity index (χ0v) is 16.3. The first-order valence-electron chi connectivity index (χ1n) is 9.96. The monoisotopic (exact) mass is 413 g/mol. The molecule has 1 fully saturated rings. The molecule has 0 unspecified atom stereocenters. The molecule has 1 aliphatic rings. The quantitative estimate of drug-likeness (QED) is 0.640. The lowest BCUT2D eigenvalue weighted by atomic mass is 9.93. The molecule has 0 atom stereocenters. The molecule has 1 saturated heterocycles. The van der Waals surface area contributed by atoms with Gasteiger partial charge in [0.1, 0.15) is 11.5 Å². The Balaban J connectivity index is 1.32. The molecule has 4 rings (SSSR count). The maximum Gasteiger partial charge on any atom is 0.432 e. The summed E-state index contributed by atoms with van der Waals surface area (Å²) in [5, 5.41) is 0. The first-order valence-corrected chi connectivity index (χ1v) is 9.96. The molecule has 1 aliphatic heterocycles. The van der Waals surface area contributed by atoms with E-state index in [1.54, 1.807) is 0 Å². The van der Waals surface area contributed by atoms with Crippen LogP contribution >= 0.6 is 0 Å². The van der Waals surface area contributed by atoms with E-state index in [-0.39, 0.29) is 11.8 Å². The fourth-order valence-electron chi connectivity index (χ4n) is 3.84. The standard InChI is InChI=1S/C23H22F3N3O/c24-23(25,26)20-15-27-21(28-20)14-16-10-12-29(13-11-16)22(30)19-8-6-18(7-9-19)17-4-2-1-3-5-17/h1-9,15-16H,10-14H2,(H,27,28). The lowest BCUT2D eigenvalue weighted by molar-refractivity contribution is -0.140. The Morgan fingerprint density at radius 1 is 1.00 bits per heavy atom. The van der Waals surface area contributed by atoms with Crippen LogP contribution in [-0.2, 0) is 12.6 Å². The van der Waals surface area contributed by atoms with Gasteiger partial charge in [-0.2, -0.15) is 13.2 Å². The average molecular weight is 413 g/mol. The van der Waals surface area contributed by atoms with Gasteiger partial charge < -0.3 is 9.88 Å². The van der Waals surface area contributed by atoms with Crippen molar-refractivity contribution >= 4 is 5.91 Å². The van der Waals surface area contributed by atoms with E-state index in [2.05, 4.69) is 9.97 Å². The summed E-state index contributed by atoms with van der Waals surface area (Å²) < 4.78 is 38.1. The van der Waals surface area contributed by atoms with Crippen LogP contribution in [0.15, 0.2) is 60.8 Å². The van der Waals surface area contributed by atoms with Crippen molar-refractivity contribution in [1.82, 2.24) is 14.9 Å². The molecule has 0 spiro atoms. The third kappa shape index (κ3) is 4.56. The summed E-state index contributed by atoms with van der Waals surface area (Å²) in [7, 11) is 0. The Morgan fingerprint density at radius 3 is 2.23 bits per heavy atom. The number of halogens is 3. The molecule has 2 heterocycles. The second-order valence-corrected chi connectivity index (χ2v) is 7.62. The van der Waals surface area contributed by atoms with Gasteiger partial charge in [0.25, 0.3) is 5.91 Å². The zero-order valence-electron chi connectivity index (χ0n) is 16.3. The van der Waals surface area contributed by atoms with Crippen molar-refractivity contribution in [1.29, 1.82) is 0 Å². The SMILES string of the molecule is O=C(c1ccc(-c2ccccc2)cc1)N1CCC(Cc2ncc(C(F)(F)F)[nH]2)CC1. The van der Waals surface area contributed by atoms with E-state index < -0.39 is 11.9 Å². The maximum absolute atomic E-state index is 12.8. The minimum Gasteiger partial charge on any atom is -0.339 e. The lowest BCUT2D eigenvalue weighted by Crippen LogP contribution is -2.39.